The fourth-order valence-corrected chi connectivity index (χ4v) is 2.68. The van der Waals surface area contributed by atoms with Crippen LogP contribution in [0.5, 0.6) is 0 Å². The molecular weight excluding hydrogens is 319 g/mol. The van der Waals surface area contributed by atoms with E-state index >= 15 is 0 Å². The van der Waals surface area contributed by atoms with Gasteiger partial charge in [-0.25, -0.2) is 0 Å². The van der Waals surface area contributed by atoms with Gasteiger partial charge in [0.15, 0.2) is 0 Å². The summed E-state index contributed by atoms with van der Waals surface area (Å²) in [5, 5.41) is 0. The van der Waals surface area contributed by atoms with Crippen LogP contribution in [0.2, 0.25) is 0 Å². The lowest BCUT2D eigenvalue weighted by atomic mass is 9.72. The van der Waals surface area contributed by atoms with Gasteiger partial charge in [-0.15, -0.1) is 0 Å². The van der Waals surface area contributed by atoms with E-state index in [4.69, 9.17) is 0 Å². The van der Waals surface area contributed by atoms with Crippen molar-refractivity contribution in [2.45, 2.75) is 47.0 Å². The van der Waals surface area contributed by atoms with Gasteiger partial charge in [0.05, 0.1) is 0 Å². The average Bonchev–Trinajstić information content (AvgIpc) is 2.24. The topological polar surface area (TPSA) is 0 Å². The van der Waals surface area contributed by atoms with E-state index in [2.05, 4.69) is 74.6 Å². The molecule has 1 rings (SSSR count). The van der Waals surface area contributed by atoms with Crippen molar-refractivity contribution < 1.29 is 0 Å². The average molecular weight is 342 g/mol. The lowest BCUT2D eigenvalue weighted by Crippen LogP contribution is -2.19. The monoisotopic (exact) mass is 342 g/mol. The molecule has 0 atom stereocenters. The molecule has 0 unspecified atom stereocenters. The molecule has 0 aliphatic heterocycles. The van der Waals surface area contributed by atoms with E-state index in [0.717, 1.165) is 0 Å². The molecule has 0 amide bonds. The summed E-state index contributed by atoms with van der Waals surface area (Å²) < 4.78 is 2.03. The summed E-state index contributed by atoms with van der Waals surface area (Å²) in [6.45, 7) is 9.15. The van der Waals surface area contributed by atoms with E-state index in [1.165, 1.54) is 30.4 Å². The van der Waals surface area contributed by atoms with Crippen LogP contribution < -0.4 is 0 Å². The maximum absolute atomic E-state index is 2.36. The molecule has 0 N–H and O–H groups in total. The summed E-state index contributed by atoms with van der Waals surface area (Å²) >= 11 is 2.24. The van der Waals surface area contributed by atoms with Crippen LogP contribution in [-0.4, -0.2) is 0 Å². The molecular formula is C16H23I. The Kier molecular flexibility index (Phi) is 5.71. The Balaban J connectivity index is 2.89. The van der Waals surface area contributed by atoms with Gasteiger partial charge in [0.2, 0.25) is 0 Å². The van der Waals surface area contributed by atoms with E-state index in [1.807, 2.05) is 4.08 Å². The van der Waals surface area contributed by atoms with E-state index in [0.29, 0.717) is 5.41 Å². The number of halogens is 1. The van der Waals surface area contributed by atoms with Gasteiger partial charge in [-0.1, -0.05) is 71.9 Å². The van der Waals surface area contributed by atoms with Crippen LogP contribution in [0.4, 0.5) is 0 Å². The lowest BCUT2D eigenvalue weighted by Gasteiger charge is -2.32. The molecule has 0 saturated carbocycles. The molecule has 0 spiro atoms. The van der Waals surface area contributed by atoms with Crippen molar-refractivity contribution in [2.75, 3.05) is 0 Å². The first-order chi connectivity index (χ1) is 7.97. The van der Waals surface area contributed by atoms with Gasteiger partial charge >= 0.3 is 0 Å². The van der Waals surface area contributed by atoms with Crippen LogP contribution in [0.15, 0.2) is 45.1 Å². The Morgan fingerprint density at radius 1 is 1.35 bits per heavy atom. The van der Waals surface area contributed by atoms with Crippen molar-refractivity contribution in [1.29, 1.82) is 0 Å². The zero-order valence-electron chi connectivity index (χ0n) is 11.4. The first kappa shape index (κ1) is 14.7. The smallest absolute Gasteiger partial charge is 0.0104 e. The molecule has 0 saturated heterocycles. The third kappa shape index (κ3) is 4.46. The Morgan fingerprint density at radius 3 is 2.65 bits per heavy atom. The van der Waals surface area contributed by atoms with Crippen molar-refractivity contribution in [3.63, 3.8) is 0 Å². The molecule has 0 radical (unpaired) electrons. The van der Waals surface area contributed by atoms with Crippen LogP contribution in [0.25, 0.3) is 0 Å². The molecule has 1 aliphatic rings. The Labute approximate surface area is 120 Å². The molecule has 0 bridgehead atoms. The highest BCUT2D eigenvalue weighted by Gasteiger charge is 2.26. The summed E-state index contributed by atoms with van der Waals surface area (Å²) in [6, 6.07) is 0. The normalized spacial score (nSPS) is 21.8. The summed E-state index contributed by atoms with van der Waals surface area (Å²) in [6.07, 6.45) is 12.7. The molecule has 0 fully saturated rings. The number of hydrogen-bond donors (Lipinski definition) is 0. The van der Waals surface area contributed by atoms with Crippen molar-refractivity contribution in [3.8, 4) is 0 Å². The van der Waals surface area contributed by atoms with E-state index in [-0.39, 0.29) is 0 Å². The zero-order chi connectivity index (χ0) is 12.9. The van der Waals surface area contributed by atoms with Gasteiger partial charge in [-0.05, 0) is 48.2 Å². The van der Waals surface area contributed by atoms with Crippen LogP contribution in [0.3, 0.4) is 0 Å². The molecule has 0 aromatic carbocycles. The van der Waals surface area contributed by atoms with Gasteiger partial charge in [0.25, 0.3) is 0 Å². The second kappa shape index (κ2) is 6.58. The summed E-state index contributed by atoms with van der Waals surface area (Å²) in [5.74, 6) is 0. The molecule has 17 heavy (non-hydrogen) atoms. The molecule has 0 aromatic heterocycles. The Bertz CT molecular complexity index is 378. The summed E-state index contributed by atoms with van der Waals surface area (Å²) in [4.78, 5) is 0. The minimum absolute atomic E-state index is 0.345. The predicted octanol–water partition coefficient (Wildman–Crippen LogP) is 5.96. The van der Waals surface area contributed by atoms with Crippen molar-refractivity contribution in [1.82, 2.24) is 0 Å². The number of allylic oxidation sites excluding steroid dienone is 7. The quantitative estimate of drug-likeness (QED) is 0.438. The predicted molar refractivity (Wildman–Crippen MR) is 86.4 cm³/mol. The van der Waals surface area contributed by atoms with Crippen LogP contribution in [0.1, 0.15) is 47.0 Å². The lowest BCUT2D eigenvalue weighted by molar-refractivity contribution is 0.377. The number of rotatable bonds is 3. The highest BCUT2D eigenvalue weighted by Crippen LogP contribution is 2.40. The maximum Gasteiger partial charge on any atom is -0.0104 e. The van der Waals surface area contributed by atoms with Gasteiger partial charge < -0.3 is 0 Å². The zero-order valence-corrected chi connectivity index (χ0v) is 13.5. The third-order valence-electron chi connectivity index (χ3n) is 3.49. The summed E-state index contributed by atoms with van der Waals surface area (Å²) in [7, 11) is 0. The summed E-state index contributed by atoms with van der Waals surface area (Å²) in [5.41, 5.74) is 4.75. The van der Waals surface area contributed by atoms with Crippen molar-refractivity contribution in [2.24, 2.45) is 5.41 Å². The fraction of sp³-hybridized carbons (Fsp3) is 0.500. The molecule has 0 heterocycles. The molecule has 0 nitrogen and oxygen atoms in total. The van der Waals surface area contributed by atoms with Gasteiger partial charge in [-0.2, -0.15) is 0 Å². The third-order valence-corrected chi connectivity index (χ3v) is 3.90. The van der Waals surface area contributed by atoms with Crippen molar-refractivity contribution >= 4 is 22.6 Å². The highest BCUT2D eigenvalue weighted by atomic mass is 127. The van der Waals surface area contributed by atoms with Gasteiger partial charge in [0.1, 0.15) is 0 Å². The number of hydrogen-bond acceptors (Lipinski definition) is 0. The van der Waals surface area contributed by atoms with E-state index in [1.54, 1.807) is 5.57 Å². The Morgan fingerprint density at radius 2 is 2.06 bits per heavy atom. The first-order valence-corrected chi connectivity index (χ1v) is 7.54. The van der Waals surface area contributed by atoms with E-state index < -0.39 is 0 Å². The van der Waals surface area contributed by atoms with Crippen LogP contribution in [0, 0.1) is 5.41 Å². The minimum atomic E-state index is 0.345. The van der Waals surface area contributed by atoms with Crippen LogP contribution in [-0.2, 0) is 0 Å². The van der Waals surface area contributed by atoms with Crippen molar-refractivity contribution in [3.05, 3.63) is 45.1 Å². The molecule has 94 valence electrons. The van der Waals surface area contributed by atoms with Gasteiger partial charge in [0, 0.05) is 0 Å². The molecule has 1 heteroatoms. The Hall–Kier alpha value is -0.310. The van der Waals surface area contributed by atoms with E-state index in [9.17, 15) is 0 Å². The van der Waals surface area contributed by atoms with Crippen LogP contribution >= 0.6 is 22.6 Å². The molecule has 1 aliphatic carbocycles. The SMILES string of the molecule is CC1=C(/C=C/C(C)=C/C=C/I)C(C)(C)CCC1. The molecule has 0 aromatic rings. The minimum Gasteiger partial charge on any atom is -0.0696 e. The second-order valence-corrected chi connectivity index (χ2v) is 6.21. The first-order valence-electron chi connectivity index (χ1n) is 6.29. The second-order valence-electron chi connectivity index (χ2n) is 5.49. The highest BCUT2D eigenvalue weighted by molar-refractivity contribution is 14.1. The maximum atomic E-state index is 2.36. The standard InChI is InChI=1S/C16H23I/c1-13(7-6-12-17)9-10-15-14(2)8-5-11-16(15,3)4/h6-7,9-10,12H,5,8,11H2,1-4H3/b10-9+,12-6+,13-7+. The fourth-order valence-electron chi connectivity index (χ4n) is 2.47. The largest absolute Gasteiger partial charge is 0.0696 e. The van der Waals surface area contributed by atoms with Gasteiger partial charge in [-0.3, -0.25) is 0 Å².